The van der Waals surface area contributed by atoms with Gasteiger partial charge in [0.25, 0.3) is 0 Å². The normalized spacial score (nSPS) is 11.5. The number of aromatic amines is 2. The molecule has 0 unspecified atom stereocenters. The van der Waals surface area contributed by atoms with E-state index in [9.17, 15) is 4.39 Å². The number of methoxy groups -OCH3 is 1. The fourth-order valence-electron chi connectivity index (χ4n) is 4.35. The predicted molar refractivity (Wildman–Crippen MR) is 141 cm³/mol. The highest BCUT2D eigenvalue weighted by molar-refractivity contribution is 5.96. The van der Waals surface area contributed by atoms with Crippen LogP contribution >= 0.6 is 0 Å². The number of H-pyrrole nitrogens is 2. The van der Waals surface area contributed by atoms with E-state index >= 15 is 0 Å². The molecule has 0 fully saturated rings. The van der Waals surface area contributed by atoms with Crippen LogP contribution in [0.15, 0.2) is 61.2 Å². The average molecular weight is 495 g/mol. The molecule has 0 saturated heterocycles. The Bertz CT molecular complexity index is 1760. The van der Waals surface area contributed by atoms with Crippen molar-refractivity contribution in [2.75, 3.05) is 12.4 Å². The van der Waals surface area contributed by atoms with Gasteiger partial charge in [-0.05, 0) is 49.7 Å². The Morgan fingerprint density at radius 3 is 2.65 bits per heavy atom. The van der Waals surface area contributed by atoms with Crippen molar-refractivity contribution >= 4 is 27.9 Å². The number of halogens is 1. The Morgan fingerprint density at radius 1 is 0.946 bits per heavy atom. The van der Waals surface area contributed by atoms with E-state index in [0.717, 1.165) is 27.8 Å². The smallest absolute Gasteiger partial charge is 0.181 e. The number of ether oxygens (including phenoxy) is 1. The van der Waals surface area contributed by atoms with Crippen molar-refractivity contribution in [3.05, 3.63) is 67.0 Å². The van der Waals surface area contributed by atoms with E-state index < -0.39 is 0 Å². The summed E-state index contributed by atoms with van der Waals surface area (Å²) in [5.41, 5.74) is 6.58. The van der Waals surface area contributed by atoms with E-state index in [0.29, 0.717) is 39.6 Å². The van der Waals surface area contributed by atoms with Crippen LogP contribution in [0.3, 0.4) is 0 Å². The van der Waals surface area contributed by atoms with Crippen molar-refractivity contribution in [2.45, 2.75) is 19.9 Å². The molecule has 0 aliphatic carbocycles. The zero-order chi connectivity index (χ0) is 25.5. The van der Waals surface area contributed by atoms with Crippen molar-refractivity contribution in [2.24, 2.45) is 0 Å². The molecule has 0 spiro atoms. The number of fused-ring (bicyclic) bond motifs is 2. The predicted octanol–water partition coefficient (Wildman–Crippen LogP) is 5.59. The van der Waals surface area contributed by atoms with Crippen LogP contribution in [-0.2, 0) is 0 Å². The molecule has 0 aliphatic rings. The Labute approximate surface area is 211 Å². The summed E-state index contributed by atoms with van der Waals surface area (Å²) in [4.78, 5) is 21.4. The molecule has 5 aromatic heterocycles. The molecule has 0 atom stereocenters. The summed E-state index contributed by atoms with van der Waals surface area (Å²) in [5, 5.41) is 11.6. The molecular formula is C27H23FN8O. The van der Waals surface area contributed by atoms with Gasteiger partial charge in [0, 0.05) is 53.6 Å². The summed E-state index contributed by atoms with van der Waals surface area (Å²) in [6.07, 6.45) is 7.03. The number of anilines is 1. The van der Waals surface area contributed by atoms with E-state index in [1.165, 1.54) is 19.2 Å². The minimum Gasteiger partial charge on any atom is -0.497 e. The minimum absolute atomic E-state index is 0.290. The first-order valence-electron chi connectivity index (χ1n) is 11.7. The first-order valence-corrected chi connectivity index (χ1v) is 11.7. The van der Waals surface area contributed by atoms with Crippen LogP contribution in [0.1, 0.15) is 13.8 Å². The zero-order valence-electron chi connectivity index (χ0n) is 20.4. The second-order valence-electron chi connectivity index (χ2n) is 8.98. The number of rotatable bonds is 6. The molecule has 5 heterocycles. The summed E-state index contributed by atoms with van der Waals surface area (Å²) in [5.74, 6) is 0.590. The maximum absolute atomic E-state index is 14.2. The lowest BCUT2D eigenvalue weighted by Gasteiger charge is -2.10. The number of benzene rings is 1. The number of hydrogen-bond acceptors (Lipinski definition) is 7. The lowest BCUT2D eigenvalue weighted by molar-refractivity contribution is 0.411. The van der Waals surface area contributed by atoms with Gasteiger partial charge in [0.15, 0.2) is 17.1 Å². The third kappa shape index (κ3) is 4.22. The molecular weight excluding hydrogens is 471 g/mol. The Balaban J connectivity index is 1.45. The molecule has 0 bridgehead atoms. The van der Waals surface area contributed by atoms with Crippen molar-refractivity contribution in [1.29, 1.82) is 0 Å². The van der Waals surface area contributed by atoms with Gasteiger partial charge in [-0.15, -0.1) is 0 Å². The molecule has 0 saturated carbocycles. The van der Waals surface area contributed by atoms with Gasteiger partial charge >= 0.3 is 0 Å². The Kier molecular flexibility index (Phi) is 5.48. The fourth-order valence-corrected chi connectivity index (χ4v) is 4.35. The summed E-state index contributed by atoms with van der Waals surface area (Å²) in [6.45, 7) is 4.16. The highest BCUT2D eigenvalue weighted by Gasteiger charge is 2.17. The molecule has 6 rings (SSSR count). The first-order chi connectivity index (χ1) is 18.0. The van der Waals surface area contributed by atoms with Gasteiger partial charge in [-0.1, -0.05) is 0 Å². The molecule has 184 valence electrons. The number of imidazole rings is 1. The minimum atomic E-state index is -0.389. The van der Waals surface area contributed by atoms with Crippen molar-refractivity contribution in [1.82, 2.24) is 35.1 Å². The monoisotopic (exact) mass is 494 g/mol. The van der Waals surface area contributed by atoms with Crippen molar-refractivity contribution in [3.63, 3.8) is 0 Å². The molecule has 0 radical (unpaired) electrons. The Morgan fingerprint density at radius 2 is 1.81 bits per heavy atom. The topological polar surface area (TPSA) is 117 Å². The van der Waals surface area contributed by atoms with E-state index in [1.54, 1.807) is 30.9 Å². The van der Waals surface area contributed by atoms with Gasteiger partial charge < -0.3 is 15.0 Å². The molecule has 6 aromatic rings. The van der Waals surface area contributed by atoms with Crippen LogP contribution in [0.5, 0.6) is 5.75 Å². The quantitative estimate of drug-likeness (QED) is 0.276. The number of aromatic nitrogens is 7. The van der Waals surface area contributed by atoms with Crippen LogP contribution in [0, 0.1) is 5.82 Å². The van der Waals surface area contributed by atoms with E-state index in [2.05, 4.69) is 49.3 Å². The maximum atomic E-state index is 14.2. The molecule has 1 aromatic carbocycles. The van der Waals surface area contributed by atoms with Gasteiger partial charge in [-0.3, -0.25) is 10.1 Å². The SMILES string of the molecule is COc1cc(F)cc(-c2ccnc3nc(-c4[nH]nc5ncc(-c6cncc(NC(C)C)c6)cc45)[nH]c23)c1. The molecule has 0 aliphatic heterocycles. The Hall–Kier alpha value is -4.86. The zero-order valence-corrected chi connectivity index (χ0v) is 20.4. The maximum Gasteiger partial charge on any atom is 0.181 e. The summed E-state index contributed by atoms with van der Waals surface area (Å²) in [7, 11) is 1.51. The second-order valence-corrected chi connectivity index (χ2v) is 8.98. The van der Waals surface area contributed by atoms with Gasteiger partial charge in [-0.2, -0.15) is 5.10 Å². The number of pyridine rings is 3. The van der Waals surface area contributed by atoms with Crippen LogP contribution in [0.4, 0.5) is 10.1 Å². The van der Waals surface area contributed by atoms with E-state index in [1.807, 2.05) is 18.2 Å². The lowest BCUT2D eigenvalue weighted by Crippen LogP contribution is -2.09. The highest BCUT2D eigenvalue weighted by atomic mass is 19.1. The van der Waals surface area contributed by atoms with Gasteiger partial charge in [0.1, 0.15) is 17.3 Å². The molecule has 0 amide bonds. The van der Waals surface area contributed by atoms with Crippen molar-refractivity contribution in [3.8, 4) is 39.5 Å². The van der Waals surface area contributed by atoms with Gasteiger partial charge in [-0.25, -0.2) is 19.3 Å². The van der Waals surface area contributed by atoms with Crippen LogP contribution in [0.2, 0.25) is 0 Å². The van der Waals surface area contributed by atoms with Crippen molar-refractivity contribution < 1.29 is 9.13 Å². The van der Waals surface area contributed by atoms with Crippen LogP contribution in [0.25, 0.3) is 56.0 Å². The molecule has 37 heavy (non-hydrogen) atoms. The second kappa shape index (κ2) is 8.98. The van der Waals surface area contributed by atoms with Crippen LogP contribution in [-0.4, -0.2) is 48.3 Å². The molecule has 3 N–H and O–H groups in total. The summed E-state index contributed by atoms with van der Waals surface area (Å²) >= 11 is 0. The average Bonchev–Trinajstić information content (AvgIpc) is 3.51. The molecule has 9 nitrogen and oxygen atoms in total. The van der Waals surface area contributed by atoms with E-state index in [-0.39, 0.29) is 11.9 Å². The summed E-state index contributed by atoms with van der Waals surface area (Å²) in [6, 6.07) is 10.7. The van der Waals surface area contributed by atoms with Crippen LogP contribution < -0.4 is 10.1 Å². The fraction of sp³-hybridized carbons (Fsp3) is 0.148. The first kappa shape index (κ1) is 22.6. The summed E-state index contributed by atoms with van der Waals surface area (Å²) < 4.78 is 19.5. The van der Waals surface area contributed by atoms with Gasteiger partial charge in [0.2, 0.25) is 0 Å². The molecule has 10 heteroatoms. The number of hydrogen-bond donors (Lipinski definition) is 3. The van der Waals surface area contributed by atoms with E-state index in [4.69, 9.17) is 9.72 Å². The van der Waals surface area contributed by atoms with Gasteiger partial charge in [0.05, 0.1) is 23.7 Å². The third-order valence-corrected chi connectivity index (χ3v) is 5.98. The largest absolute Gasteiger partial charge is 0.497 e. The number of nitrogens with zero attached hydrogens (tertiary/aromatic N) is 5. The highest BCUT2D eigenvalue weighted by Crippen LogP contribution is 2.33. The number of nitrogens with one attached hydrogen (secondary N) is 3. The third-order valence-electron chi connectivity index (χ3n) is 5.98. The standard InChI is InChI=1S/C27H23FN8O/c1-14(2)32-19-7-16(11-29-13-19)17-9-22-24(35-36-25(22)31-12-17)27-33-23-21(4-5-30-26(23)34-27)15-6-18(28)10-20(8-15)37-3/h4-14,32H,1-3H3,(H,30,33,34)(H,31,35,36). The lowest BCUT2D eigenvalue weighted by atomic mass is 10.1.